The molecule has 0 aromatic carbocycles. The quantitative estimate of drug-likeness (QED) is 0.453. The Hall–Kier alpha value is 2.39. The van der Waals surface area contributed by atoms with Crippen molar-refractivity contribution in [3.05, 3.63) is 0 Å². The summed E-state index contributed by atoms with van der Waals surface area (Å²) < 4.78 is 0. The molecule has 38 valence electrons. The Kier molecular flexibility index (Phi) is 9.92. The fourth-order valence-electron chi connectivity index (χ4n) is 1.91. The van der Waals surface area contributed by atoms with Crippen molar-refractivity contribution >= 4 is 70.9 Å². The molecular formula is C6H10Li4. The van der Waals surface area contributed by atoms with Gasteiger partial charge in [0.1, 0.15) is 0 Å². The Morgan fingerprint density at radius 2 is 0.800 bits per heavy atom. The minimum absolute atomic E-state index is 0.981. The average Bonchev–Trinajstić information content (AvgIpc) is 2.00. The summed E-state index contributed by atoms with van der Waals surface area (Å²) >= 11 is 9.25. The van der Waals surface area contributed by atoms with Gasteiger partial charge >= 0.3 is 103 Å². The van der Waals surface area contributed by atoms with Crippen LogP contribution in [0, 0.1) is 11.8 Å². The molecule has 0 bridgehead atoms. The number of hydrogen-bond donors (Lipinski definition) is 0. The average molecular weight is 110 g/mol. The van der Waals surface area contributed by atoms with Gasteiger partial charge in [-0.05, 0) is 0 Å². The Morgan fingerprint density at radius 1 is 0.600 bits per heavy atom. The van der Waals surface area contributed by atoms with Gasteiger partial charge < -0.3 is 0 Å². The summed E-state index contributed by atoms with van der Waals surface area (Å²) in [5.74, 6) is 1.96. The van der Waals surface area contributed by atoms with E-state index in [1.165, 1.54) is 20.4 Å². The van der Waals surface area contributed by atoms with E-state index < -0.39 is 0 Å². The molecule has 0 unspecified atom stereocenters. The van der Waals surface area contributed by atoms with Crippen molar-refractivity contribution < 1.29 is 0 Å². The van der Waals surface area contributed by atoms with E-state index in [0.29, 0.717) is 0 Å². The molecule has 0 rings (SSSR count). The Balaban J connectivity index is 3.70. The fraction of sp³-hybridized carbons (Fsp3) is 1.00. The van der Waals surface area contributed by atoms with Crippen molar-refractivity contribution in [1.29, 1.82) is 0 Å². The van der Waals surface area contributed by atoms with E-state index in [0.717, 1.165) is 11.8 Å². The van der Waals surface area contributed by atoms with E-state index in [2.05, 4.69) is 70.9 Å². The standard InChI is InChI=1S/C6H10.4Li/c1-5(2)6(3)4;;;;/h5-6H,1-4H2;;;;. The Morgan fingerprint density at radius 3 is 0.900 bits per heavy atom. The first-order chi connectivity index (χ1) is 4.79. The minimum atomic E-state index is 0.981. The molecular weight excluding hydrogens is 99.8 g/mol. The first-order valence-corrected chi connectivity index (χ1v) is 4.79. The molecule has 0 amide bonds. The first-order valence-electron chi connectivity index (χ1n) is 4.79. The van der Waals surface area contributed by atoms with Crippen molar-refractivity contribution in [1.82, 2.24) is 0 Å². The van der Waals surface area contributed by atoms with Crippen LogP contribution in [0.3, 0.4) is 0 Å². The van der Waals surface area contributed by atoms with Gasteiger partial charge in [0.25, 0.3) is 0 Å². The van der Waals surface area contributed by atoms with Crippen LogP contribution in [0.1, 0.15) is 0 Å². The molecule has 0 aromatic rings. The molecule has 0 N–H and O–H groups in total. The van der Waals surface area contributed by atoms with E-state index in [9.17, 15) is 0 Å². The summed E-state index contributed by atoms with van der Waals surface area (Å²) in [5, 5.41) is 5.46. The van der Waals surface area contributed by atoms with Crippen LogP contribution in [0.4, 0.5) is 0 Å². The van der Waals surface area contributed by atoms with Crippen LogP contribution in [0.25, 0.3) is 0 Å². The van der Waals surface area contributed by atoms with Crippen molar-refractivity contribution in [3.8, 4) is 0 Å². The van der Waals surface area contributed by atoms with Crippen molar-refractivity contribution in [3.63, 3.8) is 0 Å². The van der Waals surface area contributed by atoms with Crippen molar-refractivity contribution in [2.24, 2.45) is 11.8 Å². The van der Waals surface area contributed by atoms with Crippen LogP contribution in [0.15, 0.2) is 0 Å². The van der Waals surface area contributed by atoms with Crippen LogP contribution < -0.4 is 0 Å². The zero-order valence-corrected chi connectivity index (χ0v) is 7.98. The van der Waals surface area contributed by atoms with E-state index in [1.54, 1.807) is 0 Å². The Labute approximate surface area is 102 Å². The van der Waals surface area contributed by atoms with Gasteiger partial charge in [-0.2, -0.15) is 0 Å². The summed E-state index contributed by atoms with van der Waals surface area (Å²) in [6, 6.07) is 0. The molecule has 0 heterocycles. The van der Waals surface area contributed by atoms with E-state index in [4.69, 9.17) is 0 Å². The second-order valence-electron chi connectivity index (χ2n) is 3.15. The van der Waals surface area contributed by atoms with E-state index in [1.807, 2.05) is 0 Å². The first kappa shape index (κ1) is 12.4. The monoisotopic (exact) mass is 110 g/mol. The maximum atomic E-state index is 2.31. The van der Waals surface area contributed by atoms with Crippen LogP contribution in [-0.4, -0.2) is 70.9 Å². The molecule has 0 fully saturated rings. The molecule has 0 aliphatic rings. The Bertz CT molecular complexity index is 58.1. The van der Waals surface area contributed by atoms with Crippen molar-refractivity contribution in [2.45, 2.75) is 20.4 Å². The summed E-state index contributed by atoms with van der Waals surface area (Å²) in [6.45, 7) is 0. The van der Waals surface area contributed by atoms with Crippen LogP contribution in [-0.2, 0) is 0 Å². The van der Waals surface area contributed by atoms with Crippen LogP contribution >= 0.6 is 0 Å². The second-order valence-corrected chi connectivity index (χ2v) is 3.15. The number of hydrogen-bond acceptors (Lipinski definition) is 0. The van der Waals surface area contributed by atoms with Crippen LogP contribution in [0.5, 0.6) is 0 Å². The fourth-order valence-corrected chi connectivity index (χ4v) is 1.91. The predicted octanol–water partition coefficient (Wildman–Crippen LogP) is 0.566. The maximum absolute atomic E-state index is 2.31. The summed E-state index contributed by atoms with van der Waals surface area (Å²) in [5.41, 5.74) is 0. The third kappa shape index (κ3) is 4.42. The predicted molar refractivity (Wildman–Crippen MR) is 49.2 cm³/mol. The molecule has 0 saturated heterocycles. The van der Waals surface area contributed by atoms with Gasteiger partial charge in [-0.1, -0.05) is 0 Å². The zero-order valence-electron chi connectivity index (χ0n) is 7.98. The zero-order chi connectivity index (χ0) is 7.98. The molecule has 0 aromatic heterocycles. The molecule has 0 aliphatic carbocycles. The topological polar surface area (TPSA) is 0 Å². The molecule has 0 atom stereocenters. The second kappa shape index (κ2) is 8.01. The summed E-state index contributed by atoms with van der Waals surface area (Å²) in [6.07, 6.45) is 0. The molecule has 0 saturated carbocycles. The molecule has 10 heavy (non-hydrogen) atoms. The van der Waals surface area contributed by atoms with Gasteiger partial charge in [0.05, 0.1) is 0 Å². The van der Waals surface area contributed by atoms with E-state index in [-0.39, 0.29) is 0 Å². The van der Waals surface area contributed by atoms with Crippen LogP contribution in [0.2, 0.25) is 20.4 Å². The summed E-state index contributed by atoms with van der Waals surface area (Å²) in [4.78, 5) is 0. The van der Waals surface area contributed by atoms with Gasteiger partial charge in [-0.15, -0.1) is 0 Å². The van der Waals surface area contributed by atoms with Gasteiger partial charge in [0.15, 0.2) is 0 Å². The SMILES string of the molecule is [Li][CH2]C([CH2][Li])C([CH2][Li])[CH2][Li]. The molecule has 0 aliphatic heterocycles. The van der Waals surface area contributed by atoms with Crippen molar-refractivity contribution in [2.75, 3.05) is 0 Å². The summed E-state index contributed by atoms with van der Waals surface area (Å²) in [7, 11) is 0. The van der Waals surface area contributed by atoms with Gasteiger partial charge in [0.2, 0.25) is 0 Å². The third-order valence-corrected chi connectivity index (χ3v) is 2.76. The van der Waals surface area contributed by atoms with Gasteiger partial charge in [-0.25, -0.2) is 0 Å². The molecule has 4 heteroatoms. The molecule has 0 nitrogen and oxygen atoms in total. The van der Waals surface area contributed by atoms with Gasteiger partial charge in [0, 0.05) is 0 Å². The molecule has 0 spiro atoms. The number of rotatable bonds is 5. The van der Waals surface area contributed by atoms with E-state index >= 15 is 0 Å². The normalized spacial score (nSPS) is 11.8. The third-order valence-electron chi connectivity index (χ3n) is 2.76. The molecule has 0 radical (unpaired) electrons. The van der Waals surface area contributed by atoms with Gasteiger partial charge in [-0.3, -0.25) is 0 Å².